The maximum Gasteiger partial charge on any atom is 0.416 e. The van der Waals surface area contributed by atoms with Gasteiger partial charge in [0.2, 0.25) is 10.0 Å². The molecule has 2 atom stereocenters. The Labute approximate surface area is 213 Å². The Morgan fingerprint density at radius 2 is 1.78 bits per heavy atom. The van der Waals surface area contributed by atoms with Crippen molar-refractivity contribution < 1.29 is 31.1 Å². The van der Waals surface area contributed by atoms with E-state index in [0.29, 0.717) is 51.6 Å². The number of fused-ring (bicyclic) bond motifs is 2. The molecule has 3 fully saturated rings. The number of aromatic nitrogens is 2. The Morgan fingerprint density at radius 1 is 1.11 bits per heavy atom. The van der Waals surface area contributed by atoms with E-state index >= 15 is 0 Å². The number of ether oxygens (including phenoxy) is 1. The summed E-state index contributed by atoms with van der Waals surface area (Å²) in [5.41, 5.74) is 0.790. The molecule has 14 heteroatoms. The zero-order valence-corrected chi connectivity index (χ0v) is 21.1. The fraction of sp³-hybridized carbons (Fsp3) is 0.565. The second-order valence-electron chi connectivity index (χ2n) is 9.74. The number of alkyl halides is 3. The normalized spacial score (nSPS) is 22.9. The number of hydrogen-bond donors (Lipinski definition) is 1. The quantitative estimate of drug-likeness (QED) is 0.620. The first-order valence-electron chi connectivity index (χ1n) is 12.1. The molecule has 1 aromatic carbocycles. The van der Waals surface area contributed by atoms with Crippen LogP contribution in [0.3, 0.4) is 0 Å². The molecule has 3 aliphatic rings. The average molecular weight is 543 g/mol. The first-order valence-corrected chi connectivity index (χ1v) is 14.0. The van der Waals surface area contributed by atoms with Crippen LogP contribution in [0.1, 0.15) is 24.0 Å². The van der Waals surface area contributed by atoms with Gasteiger partial charge in [-0.3, -0.25) is 9.62 Å². The third-order valence-electron chi connectivity index (χ3n) is 7.04. The monoisotopic (exact) mass is 542 g/mol. The Kier molecular flexibility index (Phi) is 6.83. The highest BCUT2D eigenvalue weighted by Crippen LogP contribution is 2.40. The summed E-state index contributed by atoms with van der Waals surface area (Å²) in [5, 5.41) is 3.98. The Balaban J connectivity index is 1.27. The lowest BCUT2D eigenvalue weighted by molar-refractivity contribution is -0.137. The van der Waals surface area contributed by atoms with Crippen LogP contribution < -0.4 is 9.62 Å². The van der Waals surface area contributed by atoms with Gasteiger partial charge in [-0.1, -0.05) is 6.07 Å². The van der Waals surface area contributed by atoms with Crippen LogP contribution in [-0.2, 0) is 27.5 Å². The molecule has 37 heavy (non-hydrogen) atoms. The first kappa shape index (κ1) is 25.8. The Morgan fingerprint density at radius 3 is 2.41 bits per heavy atom. The molecule has 0 spiro atoms. The molecule has 0 aliphatic carbocycles. The first-order chi connectivity index (χ1) is 17.5. The number of anilines is 2. The third kappa shape index (κ3) is 5.70. The molecule has 1 aromatic heterocycles. The van der Waals surface area contributed by atoms with Gasteiger partial charge in [0.1, 0.15) is 0 Å². The van der Waals surface area contributed by atoms with Crippen molar-refractivity contribution in [2.75, 3.05) is 55.3 Å². The molecule has 2 bridgehead atoms. The minimum Gasteiger partial charge on any atom is -0.377 e. The highest BCUT2D eigenvalue weighted by Gasteiger charge is 2.40. The van der Waals surface area contributed by atoms with E-state index in [9.17, 15) is 26.4 Å². The van der Waals surface area contributed by atoms with Crippen LogP contribution in [0, 0.1) is 0 Å². The van der Waals surface area contributed by atoms with Crippen LogP contribution in [0.2, 0.25) is 0 Å². The van der Waals surface area contributed by atoms with Gasteiger partial charge in [0.15, 0.2) is 5.82 Å². The highest BCUT2D eigenvalue weighted by atomic mass is 32.2. The number of morpholine rings is 1. The molecule has 2 aromatic rings. The van der Waals surface area contributed by atoms with Gasteiger partial charge in [0, 0.05) is 50.7 Å². The maximum absolute atomic E-state index is 13.5. The van der Waals surface area contributed by atoms with E-state index in [4.69, 9.17) is 4.74 Å². The summed E-state index contributed by atoms with van der Waals surface area (Å²) in [6.45, 7) is 3.40. The Bertz CT molecular complexity index is 1240. The molecule has 1 N–H and O–H groups in total. The van der Waals surface area contributed by atoms with Crippen molar-refractivity contribution >= 4 is 27.6 Å². The second-order valence-corrected chi connectivity index (χ2v) is 11.5. The summed E-state index contributed by atoms with van der Waals surface area (Å²) in [6.07, 6.45) is -0.230. The molecule has 4 heterocycles. The minimum absolute atomic E-state index is 0.0569. The van der Waals surface area contributed by atoms with E-state index in [1.54, 1.807) is 11.0 Å². The van der Waals surface area contributed by atoms with Crippen molar-refractivity contribution in [1.82, 2.24) is 19.6 Å². The fourth-order valence-electron chi connectivity index (χ4n) is 5.29. The highest BCUT2D eigenvalue weighted by molar-refractivity contribution is 7.92. The number of rotatable bonds is 5. The summed E-state index contributed by atoms with van der Waals surface area (Å²) in [5.74, 6) is 0.0569. The number of benzene rings is 1. The lowest BCUT2D eigenvalue weighted by Crippen LogP contribution is -2.50. The molecular weight excluding hydrogens is 513 g/mol. The topological polar surface area (TPSA) is 100 Å². The second kappa shape index (κ2) is 9.80. The molecule has 3 saturated heterocycles. The number of nitrogens with one attached hydrogen (secondary N) is 1. The lowest BCUT2D eigenvalue weighted by atomic mass is 10.0. The predicted molar refractivity (Wildman–Crippen MR) is 130 cm³/mol. The van der Waals surface area contributed by atoms with E-state index in [0.717, 1.165) is 35.4 Å². The number of hydrogen-bond acceptors (Lipinski definition) is 7. The fourth-order valence-corrected chi connectivity index (χ4v) is 5.78. The number of carbonyl (C=O) groups excluding carboxylic acids is 1. The third-order valence-corrected chi connectivity index (χ3v) is 7.62. The van der Waals surface area contributed by atoms with Gasteiger partial charge in [-0.25, -0.2) is 13.2 Å². The van der Waals surface area contributed by atoms with Crippen LogP contribution in [0.4, 0.5) is 29.5 Å². The van der Waals surface area contributed by atoms with Crippen molar-refractivity contribution in [3.63, 3.8) is 0 Å². The van der Waals surface area contributed by atoms with Crippen molar-refractivity contribution in [3.8, 4) is 0 Å². The molecule has 10 nitrogen and oxygen atoms in total. The van der Waals surface area contributed by atoms with Crippen LogP contribution in [0.25, 0.3) is 0 Å². The lowest BCUT2D eigenvalue weighted by Gasteiger charge is -2.39. The minimum atomic E-state index is -4.42. The zero-order valence-electron chi connectivity index (χ0n) is 20.3. The maximum atomic E-state index is 13.5. The number of piperazine rings is 1. The summed E-state index contributed by atoms with van der Waals surface area (Å²) >= 11 is 0. The SMILES string of the molecule is CS(=O)(=O)Nc1ccn(C(=O)N2CCN(Cc3ccc(C(F)(F)F)cc3N3C4CCC3COC4)CC2)n1. The van der Waals surface area contributed by atoms with E-state index in [1.807, 2.05) is 0 Å². The van der Waals surface area contributed by atoms with Crippen LogP contribution in [-0.4, -0.2) is 91.8 Å². The number of carbonyl (C=O) groups is 1. The smallest absolute Gasteiger partial charge is 0.377 e. The van der Waals surface area contributed by atoms with Crippen LogP contribution in [0.5, 0.6) is 0 Å². The van der Waals surface area contributed by atoms with E-state index in [1.165, 1.54) is 18.3 Å². The van der Waals surface area contributed by atoms with Gasteiger partial charge >= 0.3 is 12.2 Å². The number of sulfonamides is 1. The van der Waals surface area contributed by atoms with Gasteiger partial charge in [-0.2, -0.15) is 17.9 Å². The van der Waals surface area contributed by atoms with E-state index in [2.05, 4.69) is 19.6 Å². The van der Waals surface area contributed by atoms with Crippen LogP contribution >= 0.6 is 0 Å². The molecule has 1 amide bonds. The molecule has 2 unspecified atom stereocenters. The summed E-state index contributed by atoms with van der Waals surface area (Å²) < 4.78 is 72.3. The number of amides is 1. The van der Waals surface area contributed by atoms with E-state index < -0.39 is 21.8 Å². The summed E-state index contributed by atoms with van der Waals surface area (Å²) in [6, 6.07) is 5.16. The largest absolute Gasteiger partial charge is 0.416 e. The summed E-state index contributed by atoms with van der Waals surface area (Å²) in [4.78, 5) is 18.7. The molecule has 3 aliphatic heterocycles. The van der Waals surface area contributed by atoms with E-state index in [-0.39, 0.29) is 23.9 Å². The predicted octanol–water partition coefficient (Wildman–Crippen LogP) is 2.43. The average Bonchev–Trinajstić information content (AvgIpc) is 3.38. The number of halogens is 3. The zero-order chi connectivity index (χ0) is 26.4. The molecule has 0 saturated carbocycles. The van der Waals surface area contributed by atoms with Crippen molar-refractivity contribution in [2.24, 2.45) is 0 Å². The molecule has 0 radical (unpaired) electrons. The van der Waals surface area contributed by atoms with Gasteiger partial charge < -0.3 is 14.5 Å². The molecular formula is C23H29F3N6O4S. The summed E-state index contributed by atoms with van der Waals surface area (Å²) in [7, 11) is -3.51. The van der Waals surface area contributed by atoms with Gasteiger partial charge in [-0.15, -0.1) is 5.10 Å². The van der Waals surface area contributed by atoms with Crippen molar-refractivity contribution in [3.05, 3.63) is 41.6 Å². The van der Waals surface area contributed by atoms with Crippen LogP contribution in [0.15, 0.2) is 30.5 Å². The van der Waals surface area contributed by atoms with Gasteiger partial charge in [-0.05, 0) is 30.5 Å². The number of nitrogens with zero attached hydrogens (tertiary/aromatic N) is 5. The van der Waals surface area contributed by atoms with Crippen molar-refractivity contribution in [1.29, 1.82) is 0 Å². The standard InChI is InChI=1S/C23H29F3N6O4S/c1-37(34,35)28-21-6-7-31(27-21)22(33)30-10-8-29(9-11-30)13-16-2-3-17(23(24,25)26)12-20(16)32-18-4-5-19(32)15-36-14-18/h2-3,6-7,12,18-19H,4-5,8-11,13-15H2,1H3,(H,27,28). The van der Waals surface area contributed by atoms with Gasteiger partial charge in [0.05, 0.1) is 37.1 Å². The Hall–Kier alpha value is -2.84. The molecule has 5 rings (SSSR count). The van der Waals surface area contributed by atoms with Gasteiger partial charge in [0.25, 0.3) is 0 Å². The van der Waals surface area contributed by atoms with Crippen molar-refractivity contribution in [2.45, 2.75) is 37.6 Å². The molecule has 202 valence electrons.